The number of hydrogen-bond donors (Lipinski definition) is 0. The Kier molecular flexibility index (Phi) is 5.48. The Labute approximate surface area is 153 Å². The molecule has 0 aromatic heterocycles. The molecule has 3 rings (SSSR count). The number of hydrogen-bond acceptors (Lipinski definition) is 1. The van der Waals surface area contributed by atoms with Crippen molar-refractivity contribution >= 4 is 51.6 Å². The van der Waals surface area contributed by atoms with Crippen LogP contribution in [0.1, 0.15) is 0 Å². The van der Waals surface area contributed by atoms with Crippen LogP contribution in [-0.2, 0) is 0 Å². The highest BCUT2D eigenvalue weighted by atomic mass is 35.9. The zero-order chi connectivity index (χ0) is 17.0. The standard InChI is InChI=1S/C19H18Cl2NP2/c1-23(20,21)22-24(17-11-5-2-6-12-17,18-13-7-3-8-14-18)19-15-9-4-10-16-19/h2-16H,1H3/q+1. The molecule has 0 heterocycles. The number of nitrogens with zero attached hydrogens (tertiary/aromatic N) is 1. The molecule has 0 amide bonds. The lowest BCUT2D eigenvalue weighted by atomic mass is 10.4. The summed E-state index contributed by atoms with van der Waals surface area (Å²) >= 11 is 13.0. The first-order chi connectivity index (χ1) is 11.5. The van der Waals surface area contributed by atoms with Gasteiger partial charge in [-0.3, -0.25) is 0 Å². The van der Waals surface area contributed by atoms with E-state index in [9.17, 15) is 0 Å². The summed E-state index contributed by atoms with van der Waals surface area (Å²) in [6.07, 6.45) is -2.41. The van der Waals surface area contributed by atoms with Crippen LogP contribution < -0.4 is 15.9 Å². The molecule has 0 aliphatic carbocycles. The van der Waals surface area contributed by atoms with E-state index in [4.69, 9.17) is 27.0 Å². The van der Waals surface area contributed by atoms with Crippen LogP contribution in [0.25, 0.3) is 0 Å². The van der Waals surface area contributed by atoms with Gasteiger partial charge in [0.05, 0.1) is 0 Å². The Morgan fingerprint density at radius 2 is 0.917 bits per heavy atom. The number of halogens is 2. The van der Waals surface area contributed by atoms with Crippen molar-refractivity contribution in [2.75, 3.05) is 6.66 Å². The quantitative estimate of drug-likeness (QED) is 0.480. The van der Waals surface area contributed by atoms with Gasteiger partial charge in [-0.2, -0.15) is 0 Å². The first kappa shape index (κ1) is 17.7. The molecule has 5 heteroatoms. The summed E-state index contributed by atoms with van der Waals surface area (Å²) in [7, 11) is -2.26. The highest BCUT2D eigenvalue weighted by Crippen LogP contribution is 2.73. The van der Waals surface area contributed by atoms with Crippen LogP contribution in [0.4, 0.5) is 0 Å². The fraction of sp³-hybridized carbons (Fsp3) is 0.0526. The Morgan fingerprint density at radius 3 is 1.17 bits per heavy atom. The first-order valence-electron chi connectivity index (χ1n) is 7.59. The maximum atomic E-state index is 6.50. The van der Waals surface area contributed by atoms with E-state index < -0.39 is 13.2 Å². The molecule has 0 radical (unpaired) electrons. The molecule has 0 fully saturated rings. The van der Waals surface area contributed by atoms with Gasteiger partial charge in [0.1, 0.15) is 36.2 Å². The molecule has 24 heavy (non-hydrogen) atoms. The van der Waals surface area contributed by atoms with Gasteiger partial charge in [0, 0.05) is 15.9 Å². The molecule has 0 unspecified atom stereocenters. The van der Waals surface area contributed by atoms with Gasteiger partial charge in [0.2, 0.25) is 0 Å². The summed E-state index contributed by atoms with van der Waals surface area (Å²) in [5.74, 6) is 0. The average Bonchev–Trinajstić information content (AvgIpc) is 2.61. The van der Waals surface area contributed by atoms with E-state index >= 15 is 0 Å². The van der Waals surface area contributed by atoms with Gasteiger partial charge in [0.25, 0.3) is 0 Å². The highest BCUT2D eigenvalue weighted by Gasteiger charge is 2.37. The zero-order valence-electron chi connectivity index (χ0n) is 13.3. The van der Waals surface area contributed by atoms with E-state index in [-0.39, 0.29) is 0 Å². The van der Waals surface area contributed by atoms with E-state index in [0.717, 1.165) is 15.9 Å². The lowest BCUT2D eigenvalue weighted by Crippen LogP contribution is -2.25. The second-order valence-electron chi connectivity index (χ2n) is 5.48. The molecule has 0 saturated heterocycles. The monoisotopic (exact) mass is 392 g/mol. The fourth-order valence-corrected chi connectivity index (χ4v) is 10.4. The van der Waals surface area contributed by atoms with Crippen molar-refractivity contribution in [3.05, 3.63) is 91.0 Å². The fourth-order valence-electron chi connectivity index (χ4n) is 2.77. The predicted molar refractivity (Wildman–Crippen MR) is 112 cm³/mol. The van der Waals surface area contributed by atoms with Crippen molar-refractivity contribution < 1.29 is 0 Å². The minimum atomic E-state index is -2.41. The lowest BCUT2D eigenvalue weighted by Gasteiger charge is -2.25. The zero-order valence-corrected chi connectivity index (χ0v) is 16.6. The van der Waals surface area contributed by atoms with Gasteiger partial charge in [-0.15, -0.1) is 0 Å². The normalized spacial score (nSPS) is 12.0. The van der Waals surface area contributed by atoms with Gasteiger partial charge in [-0.25, -0.2) is 0 Å². The molecular weight excluding hydrogens is 375 g/mol. The summed E-state index contributed by atoms with van der Waals surface area (Å²) < 4.78 is 5.10. The molecule has 3 aromatic rings. The second-order valence-corrected chi connectivity index (χ2v) is 15.0. The van der Waals surface area contributed by atoms with E-state index in [0.29, 0.717) is 0 Å². The second kappa shape index (κ2) is 7.42. The Balaban J connectivity index is 2.45. The van der Waals surface area contributed by atoms with E-state index in [2.05, 4.69) is 36.4 Å². The molecule has 0 N–H and O–H groups in total. The van der Waals surface area contributed by atoms with E-state index in [1.165, 1.54) is 0 Å². The van der Waals surface area contributed by atoms with Gasteiger partial charge in [0.15, 0.2) is 0 Å². The Morgan fingerprint density at radius 1 is 0.625 bits per heavy atom. The van der Waals surface area contributed by atoms with Crippen molar-refractivity contribution in [1.82, 2.24) is 0 Å². The van der Waals surface area contributed by atoms with Gasteiger partial charge in [-0.1, -0.05) is 95.5 Å². The van der Waals surface area contributed by atoms with Crippen molar-refractivity contribution in [3.63, 3.8) is 0 Å². The molecule has 0 aliphatic heterocycles. The number of benzene rings is 3. The van der Waals surface area contributed by atoms with Crippen molar-refractivity contribution in [2.24, 2.45) is 4.52 Å². The Hall–Kier alpha value is -1.10. The van der Waals surface area contributed by atoms with Crippen LogP contribution in [0.5, 0.6) is 0 Å². The maximum Gasteiger partial charge on any atom is 0.322 e. The van der Waals surface area contributed by atoms with Crippen LogP contribution >= 0.6 is 35.7 Å². The number of rotatable bonds is 4. The molecule has 0 aliphatic rings. The average molecular weight is 393 g/mol. The van der Waals surface area contributed by atoms with E-state index in [1.54, 1.807) is 0 Å². The summed E-state index contributed by atoms with van der Waals surface area (Å²) in [6.45, 7) is 1.83. The third-order valence-corrected chi connectivity index (χ3v) is 10.4. The largest absolute Gasteiger partial charge is 0.322 e. The van der Waals surface area contributed by atoms with Crippen molar-refractivity contribution in [2.45, 2.75) is 0 Å². The smallest absolute Gasteiger partial charge is 0.0997 e. The molecule has 122 valence electrons. The topological polar surface area (TPSA) is 12.4 Å². The summed E-state index contributed by atoms with van der Waals surface area (Å²) in [5, 5.41) is 3.49. The molecule has 0 bridgehead atoms. The minimum absolute atomic E-state index is 1.16. The van der Waals surface area contributed by atoms with Gasteiger partial charge in [-0.05, 0) is 0 Å². The van der Waals surface area contributed by atoms with Crippen molar-refractivity contribution in [1.29, 1.82) is 0 Å². The molecule has 0 spiro atoms. The summed E-state index contributed by atoms with van der Waals surface area (Å²) in [4.78, 5) is 0. The molecular formula is C19H18Cl2NP2+. The molecule has 0 saturated carbocycles. The van der Waals surface area contributed by atoms with Crippen LogP contribution in [0, 0.1) is 0 Å². The van der Waals surface area contributed by atoms with Gasteiger partial charge >= 0.3 is 6.12 Å². The highest BCUT2D eigenvalue weighted by molar-refractivity contribution is 8.18. The molecule has 1 nitrogen and oxygen atoms in total. The molecule has 3 aromatic carbocycles. The lowest BCUT2D eigenvalue weighted by molar-refractivity contribution is 1.71. The maximum absolute atomic E-state index is 6.50. The van der Waals surface area contributed by atoms with E-state index in [1.807, 2.05) is 61.3 Å². The van der Waals surface area contributed by atoms with Crippen LogP contribution in [-0.4, -0.2) is 6.66 Å². The SMILES string of the molecule is C[P+](Cl)(Cl)N=P(c1ccccc1)(c1ccccc1)c1ccccc1. The predicted octanol–water partition coefficient (Wildman–Crippen LogP) is 6.03. The summed E-state index contributed by atoms with van der Waals surface area (Å²) in [5.41, 5.74) is 0. The third kappa shape index (κ3) is 3.76. The van der Waals surface area contributed by atoms with Crippen molar-refractivity contribution in [3.8, 4) is 0 Å². The first-order valence-corrected chi connectivity index (χ1v) is 13.3. The van der Waals surface area contributed by atoms with Gasteiger partial charge < -0.3 is 0 Å². The summed E-state index contributed by atoms with van der Waals surface area (Å²) in [6, 6.07) is 31.1. The van der Waals surface area contributed by atoms with Crippen LogP contribution in [0.3, 0.4) is 0 Å². The van der Waals surface area contributed by atoms with Crippen LogP contribution in [0.2, 0.25) is 0 Å². The molecule has 0 atom stereocenters. The minimum Gasteiger partial charge on any atom is -0.0997 e. The van der Waals surface area contributed by atoms with Crippen LogP contribution in [0.15, 0.2) is 95.5 Å². The Bertz CT molecular complexity index is 741. The third-order valence-electron chi connectivity index (χ3n) is 3.68.